The summed E-state index contributed by atoms with van der Waals surface area (Å²) in [6, 6.07) is 0. The molecular weight excluding hydrogens is 274 g/mol. The van der Waals surface area contributed by atoms with E-state index in [1.165, 1.54) is 51.2 Å². The Hall–Kier alpha value is -0.130. The maximum Gasteiger partial charge on any atom is 0.211 e. The predicted octanol–water partition coefficient (Wildman–Crippen LogP) is 3.18. The lowest BCUT2D eigenvalue weighted by molar-refractivity contribution is 0.331. The van der Waals surface area contributed by atoms with Crippen LogP contribution in [0.4, 0.5) is 0 Å². The van der Waals surface area contributed by atoms with Gasteiger partial charge in [-0.1, -0.05) is 58.3 Å². The molecule has 1 saturated heterocycles. The highest BCUT2D eigenvalue weighted by Crippen LogP contribution is 2.15. The lowest BCUT2D eigenvalue weighted by atomic mass is 10.1. The van der Waals surface area contributed by atoms with Crippen molar-refractivity contribution in [2.24, 2.45) is 0 Å². The van der Waals surface area contributed by atoms with Crippen molar-refractivity contribution in [3.05, 3.63) is 0 Å². The normalized spacial score (nSPS) is 18.6. The molecule has 0 aromatic heterocycles. The molecule has 1 unspecified atom stereocenters. The van der Waals surface area contributed by atoms with E-state index in [0.717, 1.165) is 12.8 Å². The molecule has 0 N–H and O–H groups in total. The van der Waals surface area contributed by atoms with E-state index < -0.39 is 10.0 Å². The van der Waals surface area contributed by atoms with Gasteiger partial charge in [0.05, 0.1) is 19.0 Å². The van der Waals surface area contributed by atoms with Crippen molar-refractivity contribution in [2.75, 3.05) is 26.0 Å². The highest BCUT2D eigenvalue weighted by atomic mass is 32.2. The van der Waals surface area contributed by atoms with Crippen molar-refractivity contribution >= 4 is 10.0 Å². The van der Waals surface area contributed by atoms with Crippen LogP contribution in [0.5, 0.6) is 0 Å². The van der Waals surface area contributed by atoms with Gasteiger partial charge in [0.15, 0.2) is 0 Å². The van der Waals surface area contributed by atoms with E-state index in [1.54, 1.807) is 4.31 Å². The SMILES string of the molecule is CCCCCCCCCCCN(CC1CO1)S(C)(=O)=O. The lowest BCUT2D eigenvalue weighted by Crippen LogP contribution is -2.34. The molecule has 5 heteroatoms. The first-order valence-electron chi connectivity index (χ1n) is 8.10. The van der Waals surface area contributed by atoms with Crippen molar-refractivity contribution in [2.45, 2.75) is 70.8 Å². The Balaban J connectivity index is 2.00. The standard InChI is InChI=1S/C15H31NO3S/c1-3-4-5-6-7-8-9-10-11-12-16(20(2,17)18)13-15-14-19-15/h15H,3-14H2,1-2H3. The van der Waals surface area contributed by atoms with Crippen LogP contribution in [0.2, 0.25) is 0 Å². The van der Waals surface area contributed by atoms with Crippen molar-refractivity contribution in [1.82, 2.24) is 4.31 Å². The molecule has 0 aromatic carbocycles. The lowest BCUT2D eigenvalue weighted by Gasteiger charge is -2.18. The molecule has 1 aliphatic rings. The number of rotatable bonds is 13. The van der Waals surface area contributed by atoms with E-state index in [9.17, 15) is 8.42 Å². The number of sulfonamides is 1. The fourth-order valence-electron chi connectivity index (χ4n) is 2.39. The zero-order chi connectivity index (χ0) is 14.8. The second kappa shape index (κ2) is 9.74. The summed E-state index contributed by atoms with van der Waals surface area (Å²) in [5.74, 6) is 0. The number of hydrogen-bond donors (Lipinski definition) is 0. The maximum absolute atomic E-state index is 11.6. The maximum atomic E-state index is 11.6. The molecular formula is C15H31NO3S. The molecule has 0 spiro atoms. The average molecular weight is 305 g/mol. The number of epoxide rings is 1. The van der Waals surface area contributed by atoms with Gasteiger partial charge in [0.1, 0.15) is 0 Å². The van der Waals surface area contributed by atoms with Gasteiger partial charge in [-0.15, -0.1) is 0 Å². The van der Waals surface area contributed by atoms with Crippen LogP contribution < -0.4 is 0 Å². The molecule has 1 atom stereocenters. The van der Waals surface area contributed by atoms with Crippen LogP contribution in [0.1, 0.15) is 64.7 Å². The third kappa shape index (κ3) is 8.93. The van der Waals surface area contributed by atoms with E-state index in [1.807, 2.05) is 0 Å². The molecule has 0 bridgehead atoms. The molecule has 0 aliphatic carbocycles. The molecule has 4 nitrogen and oxygen atoms in total. The number of nitrogens with zero attached hydrogens (tertiary/aromatic N) is 1. The van der Waals surface area contributed by atoms with Crippen molar-refractivity contribution < 1.29 is 13.2 Å². The molecule has 0 saturated carbocycles. The Bertz CT molecular complexity index is 339. The summed E-state index contributed by atoms with van der Waals surface area (Å²) in [4.78, 5) is 0. The summed E-state index contributed by atoms with van der Waals surface area (Å²) in [6.07, 6.45) is 12.7. The number of unbranched alkanes of at least 4 members (excludes halogenated alkanes) is 8. The summed E-state index contributed by atoms with van der Waals surface area (Å²) in [5.41, 5.74) is 0. The molecule has 1 fully saturated rings. The molecule has 1 heterocycles. The van der Waals surface area contributed by atoms with Gasteiger partial charge in [0, 0.05) is 13.1 Å². The molecule has 1 rings (SSSR count). The Morgan fingerprint density at radius 2 is 1.50 bits per heavy atom. The minimum atomic E-state index is -3.07. The summed E-state index contributed by atoms with van der Waals surface area (Å²) in [6.45, 7) is 4.13. The zero-order valence-electron chi connectivity index (χ0n) is 13.1. The van der Waals surface area contributed by atoms with Gasteiger partial charge in [-0.2, -0.15) is 4.31 Å². The fraction of sp³-hybridized carbons (Fsp3) is 1.00. The van der Waals surface area contributed by atoms with Crippen molar-refractivity contribution in [1.29, 1.82) is 0 Å². The average Bonchev–Trinajstić information content (AvgIpc) is 3.18. The van der Waals surface area contributed by atoms with Gasteiger partial charge in [0.25, 0.3) is 0 Å². The summed E-state index contributed by atoms with van der Waals surface area (Å²) in [7, 11) is -3.07. The fourth-order valence-corrected chi connectivity index (χ4v) is 3.29. The van der Waals surface area contributed by atoms with Gasteiger partial charge >= 0.3 is 0 Å². The topological polar surface area (TPSA) is 49.9 Å². The van der Waals surface area contributed by atoms with Crippen molar-refractivity contribution in [3.63, 3.8) is 0 Å². The summed E-state index contributed by atoms with van der Waals surface area (Å²) >= 11 is 0. The predicted molar refractivity (Wildman–Crippen MR) is 83.4 cm³/mol. The van der Waals surface area contributed by atoms with Crippen LogP contribution in [-0.4, -0.2) is 44.8 Å². The quantitative estimate of drug-likeness (QED) is 0.388. The van der Waals surface area contributed by atoms with Gasteiger partial charge in [-0.25, -0.2) is 8.42 Å². The molecule has 20 heavy (non-hydrogen) atoms. The first-order chi connectivity index (χ1) is 9.54. The van der Waals surface area contributed by atoms with Crippen LogP contribution in [0.3, 0.4) is 0 Å². The summed E-state index contributed by atoms with van der Waals surface area (Å²) < 4.78 is 30.0. The van der Waals surface area contributed by atoms with Crippen LogP contribution in [-0.2, 0) is 14.8 Å². The smallest absolute Gasteiger partial charge is 0.211 e. The molecule has 0 aromatic rings. The third-order valence-corrected chi connectivity index (χ3v) is 5.06. The summed E-state index contributed by atoms with van der Waals surface area (Å²) in [5, 5.41) is 0. The van der Waals surface area contributed by atoms with Gasteiger partial charge in [-0.05, 0) is 6.42 Å². The third-order valence-electron chi connectivity index (χ3n) is 3.79. The van der Waals surface area contributed by atoms with E-state index >= 15 is 0 Å². The Morgan fingerprint density at radius 1 is 1.00 bits per heavy atom. The molecule has 0 radical (unpaired) electrons. The Morgan fingerprint density at radius 3 is 1.95 bits per heavy atom. The van der Waals surface area contributed by atoms with Gasteiger partial charge < -0.3 is 4.74 Å². The highest BCUT2D eigenvalue weighted by Gasteiger charge is 2.29. The first kappa shape index (κ1) is 17.9. The van der Waals surface area contributed by atoms with E-state index in [4.69, 9.17) is 4.74 Å². The van der Waals surface area contributed by atoms with Gasteiger partial charge in [-0.3, -0.25) is 0 Å². The Kier molecular flexibility index (Phi) is 8.73. The Labute approximate surface area is 124 Å². The monoisotopic (exact) mass is 305 g/mol. The van der Waals surface area contributed by atoms with Crippen LogP contribution in [0.25, 0.3) is 0 Å². The van der Waals surface area contributed by atoms with Crippen LogP contribution in [0, 0.1) is 0 Å². The minimum absolute atomic E-state index is 0.142. The number of ether oxygens (including phenoxy) is 1. The second-order valence-corrected chi connectivity index (χ2v) is 7.89. The molecule has 0 amide bonds. The van der Waals surface area contributed by atoms with E-state index in [-0.39, 0.29) is 6.10 Å². The largest absolute Gasteiger partial charge is 0.372 e. The highest BCUT2D eigenvalue weighted by molar-refractivity contribution is 7.88. The minimum Gasteiger partial charge on any atom is -0.372 e. The zero-order valence-corrected chi connectivity index (χ0v) is 14.0. The van der Waals surface area contributed by atoms with E-state index in [0.29, 0.717) is 19.7 Å². The molecule has 120 valence electrons. The van der Waals surface area contributed by atoms with Crippen LogP contribution in [0.15, 0.2) is 0 Å². The van der Waals surface area contributed by atoms with Crippen LogP contribution >= 0.6 is 0 Å². The first-order valence-corrected chi connectivity index (χ1v) is 9.95. The van der Waals surface area contributed by atoms with Gasteiger partial charge in [0.2, 0.25) is 10.0 Å². The second-order valence-electron chi connectivity index (χ2n) is 5.90. The number of hydrogen-bond acceptors (Lipinski definition) is 3. The molecule has 1 aliphatic heterocycles. The van der Waals surface area contributed by atoms with Crippen molar-refractivity contribution in [3.8, 4) is 0 Å². The van der Waals surface area contributed by atoms with E-state index in [2.05, 4.69) is 6.92 Å².